The van der Waals surface area contributed by atoms with Crippen molar-refractivity contribution in [2.75, 3.05) is 20.3 Å². The fourth-order valence-corrected chi connectivity index (χ4v) is 2.36. The van der Waals surface area contributed by atoms with Crippen molar-refractivity contribution < 1.29 is 14.2 Å². The first kappa shape index (κ1) is 15.7. The van der Waals surface area contributed by atoms with E-state index < -0.39 is 0 Å². The summed E-state index contributed by atoms with van der Waals surface area (Å²) in [4.78, 5) is 0. The summed E-state index contributed by atoms with van der Waals surface area (Å²) in [5, 5.41) is 11.0. The number of hydrogen-bond donors (Lipinski definition) is 0. The molecule has 3 aromatic carbocycles. The van der Waals surface area contributed by atoms with Gasteiger partial charge in [0.1, 0.15) is 30.5 Å². The molecule has 4 nitrogen and oxygen atoms in total. The Morgan fingerprint density at radius 2 is 1.33 bits per heavy atom. The summed E-state index contributed by atoms with van der Waals surface area (Å²) in [6.45, 7) is 0.873. The maximum atomic E-state index is 8.76. The molecule has 0 unspecified atom stereocenters. The van der Waals surface area contributed by atoms with Crippen molar-refractivity contribution in [3.8, 4) is 23.3 Å². The Kier molecular flexibility index (Phi) is 4.83. The number of hydrogen-bond acceptors (Lipinski definition) is 4. The second-order valence-corrected chi connectivity index (χ2v) is 5.21. The molecule has 0 heterocycles. The third-order valence-electron chi connectivity index (χ3n) is 3.62. The van der Waals surface area contributed by atoms with Gasteiger partial charge in [-0.15, -0.1) is 0 Å². The zero-order chi connectivity index (χ0) is 16.8. The number of rotatable bonds is 6. The molecule has 0 aliphatic heterocycles. The molecule has 0 spiro atoms. The maximum Gasteiger partial charge on any atom is 0.122 e. The van der Waals surface area contributed by atoms with Crippen LogP contribution in [0.15, 0.2) is 60.7 Å². The summed E-state index contributed by atoms with van der Waals surface area (Å²) < 4.78 is 16.6. The van der Waals surface area contributed by atoms with Gasteiger partial charge in [0.05, 0.1) is 18.7 Å². The smallest absolute Gasteiger partial charge is 0.122 e. The summed E-state index contributed by atoms with van der Waals surface area (Å²) >= 11 is 0. The zero-order valence-electron chi connectivity index (χ0n) is 13.4. The Hall–Kier alpha value is -3.19. The third-order valence-corrected chi connectivity index (χ3v) is 3.62. The standard InChI is InChI=1S/C20H17NO3/c1-22-19-8-4-16-5-9-20(13-17(16)12-19)24-11-10-23-18-6-2-15(14-21)3-7-18/h2-9,12-13H,10-11H2,1H3. The van der Waals surface area contributed by atoms with Crippen LogP contribution in [0, 0.1) is 11.3 Å². The van der Waals surface area contributed by atoms with Crippen molar-refractivity contribution in [2.24, 2.45) is 0 Å². The first-order chi connectivity index (χ1) is 11.8. The SMILES string of the molecule is COc1ccc2ccc(OCCOc3ccc(C#N)cc3)cc2c1. The first-order valence-corrected chi connectivity index (χ1v) is 7.62. The normalized spacial score (nSPS) is 10.2. The lowest BCUT2D eigenvalue weighted by Crippen LogP contribution is -2.08. The minimum absolute atomic E-state index is 0.433. The van der Waals surface area contributed by atoms with Gasteiger partial charge in [0, 0.05) is 0 Å². The maximum absolute atomic E-state index is 8.76. The average molecular weight is 319 g/mol. The molecule has 0 aromatic heterocycles. The average Bonchev–Trinajstić information content (AvgIpc) is 2.65. The molecule has 0 saturated carbocycles. The van der Waals surface area contributed by atoms with Crippen molar-refractivity contribution in [2.45, 2.75) is 0 Å². The molecule has 0 aliphatic rings. The number of ether oxygens (including phenoxy) is 3. The predicted molar refractivity (Wildman–Crippen MR) is 92.6 cm³/mol. The molecule has 0 aliphatic carbocycles. The van der Waals surface area contributed by atoms with Crippen molar-refractivity contribution in [1.82, 2.24) is 0 Å². The summed E-state index contributed by atoms with van der Waals surface area (Å²) in [5.41, 5.74) is 0.616. The Morgan fingerprint density at radius 1 is 0.750 bits per heavy atom. The van der Waals surface area contributed by atoms with Crippen LogP contribution in [0.5, 0.6) is 17.2 Å². The van der Waals surface area contributed by atoms with Crippen LogP contribution in [0.2, 0.25) is 0 Å². The second-order valence-electron chi connectivity index (χ2n) is 5.21. The van der Waals surface area contributed by atoms with Gasteiger partial charge < -0.3 is 14.2 Å². The van der Waals surface area contributed by atoms with Gasteiger partial charge in [-0.05, 0) is 59.3 Å². The molecule has 120 valence electrons. The molecular formula is C20H17NO3. The highest BCUT2D eigenvalue weighted by Crippen LogP contribution is 2.25. The Morgan fingerprint density at radius 3 is 2.00 bits per heavy atom. The molecule has 0 saturated heterocycles. The fourth-order valence-electron chi connectivity index (χ4n) is 2.36. The van der Waals surface area contributed by atoms with Crippen LogP contribution in [-0.4, -0.2) is 20.3 Å². The van der Waals surface area contributed by atoms with Gasteiger partial charge in [-0.1, -0.05) is 12.1 Å². The van der Waals surface area contributed by atoms with E-state index in [0.717, 1.165) is 28.0 Å². The molecule has 0 fully saturated rings. The molecule has 3 rings (SSSR count). The highest BCUT2D eigenvalue weighted by molar-refractivity contribution is 5.85. The van der Waals surface area contributed by atoms with Crippen molar-refractivity contribution in [3.63, 3.8) is 0 Å². The van der Waals surface area contributed by atoms with Crippen LogP contribution in [0.4, 0.5) is 0 Å². The summed E-state index contributed by atoms with van der Waals surface area (Å²) in [6.07, 6.45) is 0. The molecule has 0 radical (unpaired) electrons. The zero-order valence-corrected chi connectivity index (χ0v) is 13.4. The summed E-state index contributed by atoms with van der Waals surface area (Å²) in [5.74, 6) is 2.34. The van der Waals surface area contributed by atoms with Gasteiger partial charge in [0.25, 0.3) is 0 Å². The lowest BCUT2D eigenvalue weighted by atomic mass is 10.1. The molecule has 0 N–H and O–H groups in total. The number of fused-ring (bicyclic) bond motifs is 1. The van der Waals surface area contributed by atoms with Crippen LogP contribution in [0.1, 0.15) is 5.56 Å². The predicted octanol–water partition coefficient (Wildman–Crippen LogP) is 4.18. The van der Waals surface area contributed by atoms with E-state index in [1.165, 1.54) is 0 Å². The Labute approximate surface area is 140 Å². The monoisotopic (exact) mass is 319 g/mol. The lowest BCUT2D eigenvalue weighted by Gasteiger charge is -2.09. The van der Waals surface area contributed by atoms with Crippen LogP contribution >= 0.6 is 0 Å². The van der Waals surface area contributed by atoms with Crippen molar-refractivity contribution >= 4 is 10.8 Å². The van der Waals surface area contributed by atoms with Gasteiger partial charge in [-0.3, -0.25) is 0 Å². The van der Waals surface area contributed by atoms with E-state index in [9.17, 15) is 0 Å². The van der Waals surface area contributed by atoms with Crippen LogP contribution in [-0.2, 0) is 0 Å². The Bertz CT molecular complexity index is 866. The first-order valence-electron chi connectivity index (χ1n) is 7.62. The largest absolute Gasteiger partial charge is 0.497 e. The fraction of sp³-hybridized carbons (Fsp3) is 0.150. The van der Waals surface area contributed by atoms with Crippen LogP contribution in [0.25, 0.3) is 10.8 Å². The molecule has 0 bridgehead atoms. The van der Waals surface area contributed by atoms with E-state index in [-0.39, 0.29) is 0 Å². The van der Waals surface area contributed by atoms with Crippen LogP contribution in [0.3, 0.4) is 0 Å². The highest BCUT2D eigenvalue weighted by Gasteiger charge is 2.01. The quantitative estimate of drug-likeness (QED) is 0.640. The minimum Gasteiger partial charge on any atom is -0.497 e. The molecule has 24 heavy (non-hydrogen) atoms. The van der Waals surface area contributed by atoms with E-state index in [1.54, 1.807) is 31.4 Å². The summed E-state index contributed by atoms with van der Waals surface area (Å²) in [7, 11) is 1.65. The number of nitriles is 1. The topological polar surface area (TPSA) is 51.5 Å². The second kappa shape index (κ2) is 7.38. The van der Waals surface area contributed by atoms with Gasteiger partial charge in [-0.2, -0.15) is 5.26 Å². The molecule has 0 amide bonds. The molecule has 0 atom stereocenters. The molecular weight excluding hydrogens is 302 g/mol. The van der Waals surface area contributed by atoms with Crippen LogP contribution < -0.4 is 14.2 Å². The third kappa shape index (κ3) is 3.76. The van der Waals surface area contributed by atoms with E-state index in [4.69, 9.17) is 19.5 Å². The lowest BCUT2D eigenvalue weighted by molar-refractivity contribution is 0.217. The van der Waals surface area contributed by atoms with E-state index in [2.05, 4.69) is 6.07 Å². The Balaban J connectivity index is 1.56. The number of nitrogens with zero attached hydrogens (tertiary/aromatic N) is 1. The minimum atomic E-state index is 0.433. The van der Waals surface area contributed by atoms with Gasteiger partial charge >= 0.3 is 0 Å². The van der Waals surface area contributed by atoms with E-state index in [1.807, 2.05) is 36.4 Å². The van der Waals surface area contributed by atoms with E-state index in [0.29, 0.717) is 18.8 Å². The molecule has 3 aromatic rings. The molecule has 4 heteroatoms. The number of methoxy groups -OCH3 is 1. The van der Waals surface area contributed by atoms with Crippen molar-refractivity contribution in [3.05, 3.63) is 66.2 Å². The number of benzene rings is 3. The van der Waals surface area contributed by atoms with Gasteiger partial charge in [-0.25, -0.2) is 0 Å². The summed E-state index contributed by atoms with van der Waals surface area (Å²) in [6, 6.07) is 21.0. The van der Waals surface area contributed by atoms with E-state index >= 15 is 0 Å². The van der Waals surface area contributed by atoms with Gasteiger partial charge in [0.2, 0.25) is 0 Å². The highest BCUT2D eigenvalue weighted by atomic mass is 16.5. The van der Waals surface area contributed by atoms with Crippen molar-refractivity contribution in [1.29, 1.82) is 5.26 Å². The van der Waals surface area contributed by atoms with Gasteiger partial charge in [0.15, 0.2) is 0 Å².